The highest BCUT2D eigenvalue weighted by atomic mass is 16.5. The number of aryl methyl sites for hydroxylation is 1. The van der Waals surface area contributed by atoms with Crippen LogP contribution >= 0.6 is 0 Å². The van der Waals surface area contributed by atoms with Crippen molar-refractivity contribution in [3.05, 3.63) is 54.0 Å². The zero-order chi connectivity index (χ0) is 20.7. The first-order valence-corrected chi connectivity index (χ1v) is 10.9. The third-order valence-corrected chi connectivity index (χ3v) is 7.19. The number of hydrogen-bond donors (Lipinski definition) is 2. The number of nitrogen functional groups attached to an aromatic ring is 1. The maximum absolute atomic E-state index is 6.39. The standard InChI is InChI=1S/C25H30N4O/c1-17-21(19-7-9-25(10-8-19)11-13-27-14-12-25)22(18-3-5-20(30-2)6-4-18)23-24(26)28-15-16-29(17)23/h3-7,15-16,27H,8-14H2,1-2H3,(H2,26,28). The number of rotatable bonds is 3. The van der Waals surface area contributed by atoms with Crippen LogP contribution in [0, 0.1) is 12.3 Å². The van der Waals surface area contributed by atoms with Gasteiger partial charge in [0, 0.05) is 29.2 Å². The lowest BCUT2D eigenvalue weighted by atomic mass is 9.68. The van der Waals surface area contributed by atoms with Crippen LogP contribution in [0.15, 0.2) is 42.7 Å². The lowest BCUT2D eigenvalue weighted by Crippen LogP contribution is -2.37. The Bertz CT molecular complexity index is 1100. The van der Waals surface area contributed by atoms with Gasteiger partial charge in [-0.15, -0.1) is 0 Å². The Kier molecular flexibility index (Phi) is 4.78. The molecule has 1 aromatic carbocycles. The highest BCUT2D eigenvalue weighted by molar-refractivity contribution is 5.97. The number of nitrogens with two attached hydrogens (primary N) is 1. The molecule has 0 radical (unpaired) electrons. The van der Waals surface area contributed by atoms with Crippen molar-refractivity contribution in [1.29, 1.82) is 0 Å². The molecule has 0 saturated carbocycles. The molecule has 1 aliphatic heterocycles. The van der Waals surface area contributed by atoms with Crippen LogP contribution in [-0.2, 0) is 0 Å². The largest absolute Gasteiger partial charge is 0.497 e. The van der Waals surface area contributed by atoms with E-state index in [1.165, 1.54) is 48.1 Å². The molecule has 1 aliphatic carbocycles. The number of hydrogen-bond acceptors (Lipinski definition) is 4. The summed E-state index contributed by atoms with van der Waals surface area (Å²) >= 11 is 0. The van der Waals surface area contributed by atoms with Gasteiger partial charge in [-0.1, -0.05) is 18.2 Å². The maximum Gasteiger partial charge on any atom is 0.148 e. The molecule has 1 spiro atoms. The van der Waals surface area contributed by atoms with Crippen molar-refractivity contribution >= 4 is 16.9 Å². The summed E-state index contributed by atoms with van der Waals surface area (Å²) in [5, 5.41) is 3.52. The summed E-state index contributed by atoms with van der Waals surface area (Å²) in [6.07, 6.45) is 12.5. The zero-order valence-corrected chi connectivity index (χ0v) is 17.9. The van der Waals surface area contributed by atoms with Crippen LogP contribution in [0.5, 0.6) is 5.75 Å². The average Bonchev–Trinajstić information content (AvgIpc) is 3.09. The quantitative estimate of drug-likeness (QED) is 0.658. The van der Waals surface area contributed by atoms with Gasteiger partial charge in [-0.25, -0.2) is 4.98 Å². The zero-order valence-electron chi connectivity index (χ0n) is 17.9. The third-order valence-electron chi connectivity index (χ3n) is 7.19. The van der Waals surface area contributed by atoms with Crippen LogP contribution < -0.4 is 15.8 Å². The number of piperidine rings is 1. The summed E-state index contributed by atoms with van der Waals surface area (Å²) in [4.78, 5) is 4.40. The van der Waals surface area contributed by atoms with Gasteiger partial charge in [0.25, 0.3) is 0 Å². The summed E-state index contributed by atoms with van der Waals surface area (Å²) in [7, 11) is 1.70. The van der Waals surface area contributed by atoms with E-state index < -0.39 is 0 Å². The van der Waals surface area contributed by atoms with Gasteiger partial charge in [-0.05, 0) is 80.8 Å². The first-order valence-electron chi connectivity index (χ1n) is 10.9. The molecule has 5 rings (SSSR count). The third kappa shape index (κ3) is 3.08. The molecule has 3 N–H and O–H groups in total. The minimum Gasteiger partial charge on any atom is -0.497 e. The first kappa shape index (κ1) is 19.2. The normalized spacial score (nSPS) is 18.5. The fraction of sp³-hybridized carbons (Fsp3) is 0.400. The van der Waals surface area contributed by atoms with Crippen LogP contribution in [0.3, 0.4) is 0 Å². The summed E-state index contributed by atoms with van der Waals surface area (Å²) in [6, 6.07) is 8.29. The number of allylic oxidation sites excluding steroid dienone is 2. The monoisotopic (exact) mass is 402 g/mol. The molecule has 156 valence electrons. The summed E-state index contributed by atoms with van der Waals surface area (Å²) in [5.41, 5.74) is 14.2. The van der Waals surface area contributed by atoms with Gasteiger partial charge in [0.15, 0.2) is 0 Å². The molecular weight excluding hydrogens is 372 g/mol. The highest BCUT2D eigenvalue weighted by Crippen LogP contribution is 2.48. The molecular formula is C25H30N4O. The van der Waals surface area contributed by atoms with E-state index in [9.17, 15) is 0 Å². The topological polar surface area (TPSA) is 64.6 Å². The minimum absolute atomic E-state index is 0.489. The first-order chi connectivity index (χ1) is 14.6. The maximum atomic E-state index is 6.39. The molecule has 1 fully saturated rings. The molecule has 2 aliphatic rings. The van der Waals surface area contributed by atoms with Crippen LogP contribution in [0.4, 0.5) is 5.82 Å². The summed E-state index contributed by atoms with van der Waals surface area (Å²) in [5.74, 6) is 1.43. The number of methoxy groups -OCH3 is 1. The van der Waals surface area contributed by atoms with E-state index >= 15 is 0 Å². The molecule has 0 bridgehead atoms. The lowest BCUT2D eigenvalue weighted by Gasteiger charge is -2.40. The van der Waals surface area contributed by atoms with E-state index in [0.717, 1.165) is 36.3 Å². The van der Waals surface area contributed by atoms with E-state index in [1.807, 2.05) is 18.3 Å². The number of aromatic nitrogens is 2. The molecule has 3 aromatic rings. The van der Waals surface area contributed by atoms with Crippen LogP contribution in [0.2, 0.25) is 0 Å². The second-order valence-corrected chi connectivity index (χ2v) is 8.78. The highest BCUT2D eigenvalue weighted by Gasteiger charge is 2.34. The number of ether oxygens (including phenoxy) is 1. The van der Waals surface area contributed by atoms with Crippen molar-refractivity contribution in [2.45, 2.75) is 39.0 Å². The van der Waals surface area contributed by atoms with E-state index in [4.69, 9.17) is 10.5 Å². The van der Waals surface area contributed by atoms with Crippen molar-refractivity contribution < 1.29 is 4.74 Å². The van der Waals surface area contributed by atoms with Crippen molar-refractivity contribution in [2.75, 3.05) is 25.9 Å². The molecule has 5 heteroatoms. The van der Waals surface area contributed by atoms with E-state index in [1.54, 1.807) is 13.3 Å². The fourth-order valence-corrected chi connectivity index (χ4v) is 5.40. The SMILES string of the molecule is COc1ccc(-c2c(C3=CCC4(CCNCC4)CC3)c(C)n3ccnc(N)c23)cc1. The van der Waals surface area contributed by atoms with Gasteiger partial charge in [0.1, 0.15) is 11.6 Å². The van der Waals surface area contributed by atoms with Gasteiger partial charge in [0.05, 0.1) is 12.6 Å². The molecule has 2 aromatic heterocycles. The summed E-state index contributed by atoms with van der Waals surface area (Å²) in [6.45, 7) is 4.50. The fourth-order valence-electron chi connectivity index (χ4n) is 5.40. The Hall–Kier alpha value is -2.79. The number of nitrogens with one attached hydrogen (secondary N) is 1. The molecule has 0 atom stereocenters. The Morgan fingerprint density at radius 2 is 1.87 bits per heavy atom. The predicted molar refractivity (Wildman–Crippen MR) is 123 cm³/mol. The van der Waals surface area contributed by atoms with E-state index in [2.05, 4.69) is 39.8 Å². The molecule has 0 unspecified atom stereocenters. The second-order valence-electron chi connectivity index (χ2n) is 8.78. The van der Waals surface area contributed by atoms with Crippen molar-refractivity contribution in [1.82, 2.24) is 14.7 Å². The molecule has 3 heterocycles. The van der Waals surface area contributed by atoms with Gasteiger partial charge in [-0.3, -0.25) is 0 Å². The van der Waals surface area contributed by atoms with Gasteiger partial charge >= 0.3 is 0 Å². The Balaban J connectivity index is 1.66. The molecule has 1 saturated heterocycles. The van der Waals surface area contributed by atoms with Crippen molar-refractivity contribution in [2.24, 2.45) is 5.41 Å². The van der Waals surface area contributed by atoms with Crippen molar-refractivity contribution in [3.63, 3.8) is 0 Å². The Morgan fingerprint density at radius 3 is 2.53 bits per heavy atom. The van der Waals surface area contributed by atoms with E-state index in [0.29, 0.717) is 11.2 Å². The van der Waals surface area contributed by atoms with Gasteiger partial charge in [-0.2, -0.15) is 0 Å². The van der Waals surface area contributed by atoms with Crippen LogP contribution in [-0.4, -0.2) is 29.6 Å². The predicted octanol–water partition coefficient (Wildman–Crippen LogP) is 4.84. The second kappa shape index (κ2) is 7.47. The average molecular weight is 403 g/mol. The van der Waals surface area contributed by atoms with Gasteiger partial charge < -0.3 is 20.2 Å². The van der Waals surface area contributed by atoms with Crippen LogP contribution in [0.1, 0.15) is 43.4 Å². The number of nitrogens with zero attached hydrogens (tertiary/aromatic N) is 2. The van der Waals surface area contributed by atoms with Crippen molar-refractivity contribution in [3.8, 4) is 16.9 Å². The Labute approximate surface area is 178 Å². The molecule has 0 amide bonds. The van der Waals surface area contributed by atoms with Crippen LogP contribution in [0.25, 0.3) is 22.2 Å². The minimum atomic E-state index is 0.489. The number of anilines is 1. The molecule has 5 nitrogen and oxygen atoms in total. The lowest BCUT2D eigenvalue weighted by molar-refractivity contribution is 0.184. The number of fused-ring (bicyclic) bond motifs is 1. The molecule has 30 heavy (non-hydrogen) atoms. The van der Waals surface area contributed by atoms with E-state index in [-0.39, 0.29) is 0 Å². The number of benzene rings is 1. The van der Waals surface area contributed by atoms with Gasteiger partial charge in [0.2, 0.25) is 0 Å². The Morgan fingerprint density at radius 1 is 1.10 bits per heavy atom. The summed E-state index contributed by atoms with van der Waals surface area (Å²) < 4.78 is 7.57. The smallest absolute Gasteiger partial charge is 0.148 e.